The van der Waals surface area contributed by atoms with Crippen LogP contribution < -0.4 is 0 Å². The number of rotatable bonds is 1. The number of likely N-dealkylation sites (N-methyl/N-ethyl adjacent to an activating group) is 1. The Labute approximate surface area is 128 Å². The van der Waals surface area contributed by atoms with Gasteiger partial charge in [0.15, 0.2) is 0 Å². The Kier molecular flexibility index (Phi) is 3.02. The van der Waals surface area contributed by atoms with Crippen molar-refractivity contribution in [1.29, 1.82) is 0 Å². The first-order chi connectivity index (χ1) is 10.2. The molecule has 0 saturated heterocycles. The van der Waals surface area contributed by atoms with Crippen molar-refractivity contribution in [2.45, 2.75) is 12.5 Å². The van der Waals surface area contributed by atoms with E-state index < -0.39 is 0 Å². The zero-order chi connectivity index (χ0) is 14.4. The maximum atomic E-state index is 6.02. The summed E-state index contributed by atoms with van der Waals surface area (Å²) in [5.74, 6) is 0.385. The molecule has 0 aliphatic carbocycles. The van der Waals surface area contributed by atoms with Gasteiger partial charge < -0.3 is 9.32 Å². The van der Waals surface area contributed by atoms with Crippen LogP contribution in [0.1, 0.15) is 22.6 Å². The summed E-state index contributed by atoms with van der Waals surface area (Å²) < 4.78 is 5.54. The molecule has 1 atom stereocenters. The van der Waals surface area contributed by atoms with Crippen molar-refractivity contribution in [1.82, 2.24) is 4.90 Å². The fourth-order valence-corrected chi connectivity index (χ4v) is 3.47. The predicted octanol–water partition coefficient (Wildman–Crippen LogP) is 4.66. The predicted molar refractivity (Wildman–Crippen MR) is 85.8 cm³/mol. The van der Waals surface area contributed by atoms with E-state index in [1.165, 1.54) is 22.1 Å². The van der Waals surface area contributed by atoms with E-state index in [0.29, 0.717) is 5.92 Å². The summed E-state index contributed by atoms with van der Waals surface area (Å²) in [6.45, 7) is 1.99. The minimum Gasteiger partial charge on any atom is -0.464 e. The number of fused-ring (bicyclic) bond motifs is 3. The van der Waals surface area contributed by atoms with Gasteiger partial charge in [-0.3, -0.25) is 0 Å². The van der Waals surface area contributed by atoms with Gasteiger partial charge in [0.2, 0.25) is 0 Å². The summed E-state index contributed by atoms with van der Waals surface area (Å²) in [5.41, 5.74) is 5.08. The Hall–Kier alpha value is -1.77. The molecule has 0 amide bonds. The highest BCUT2D eigenvalue weighted by atomic mass is 35.5. The van der Waals surface area contributed by atoms with Gasteiger partial charge in [0.05, 0.1) is 6.26 Å². The van der Waals surface area contributed by atoms with Gasteiger partial charge in [0.25, 0.3) is 0 Å². The molecule has 0 bridgehead atoms. The Morgan fingerprint density at radius 2 is 1.90 bits per heavy atom. The fraction of sp³-hybridized carbons (Fsp3) is 0.222. The first-order valence-electron chi connectivity index (χ1n) is 7.15. The van der Waals surface area contributed by atoms with Gasteiger partial charge >= 0.3 is 0 Å². The SMILES string of the molecule is CN1Cc2c(ccc3occc23)[C@@H](c2ccc(Cl)cc2)C1. The number of hydrogen-bond donors (Lipinski definition) is 0. The highest BCUT2D eigenvalue weighted by molar-refractivity contribution is 6.30. The highest BCUT2D eigenvalue weighted by Crippen LogP contribution is 2.37. The molecule has 0 fully saturated rings. The molecule has 0 unspecified atom stereocenters. The standard InChI is InChI=1S/C18H16ClNO/c1-20-10-16(12-2-4-13(19)5-3-12)14-6-7-18-15(8-9-21-18)17(14)11-20/h2-9,16H,10-11H2,1H3/t16-/m1/s1. The van der Waals surface area contributed by atoms with Gasteiger partial charge in [-0.15, -0.1) is 0 Å². The molecule has 106 valence electrons. The topological polar surface area (TPSA) is 16.4 Å². The normalized spacial score (nSPS) is 18.9. The lowest BCUT2D eigenvalue weighted by molar-refractivity contribution is 0.296. The lowest BCUT2D eigenvalue weighted by atomic mass is 9.83. The van der Waals surface area contributed by atoms with Crippen molar-refractivity contribution in [2.75, 3.05) is 13.6 Å². The molecular weight excluding hydrogens is 282 g/mol. The van der Waals surface area contributed by atoms with Crippen LogP contribution in [0.2, 0.25) is 5.02 Å². The van der Waals surface area contributed by atoms with E-state index in [-0.39, 0.29) is 0 Å². The van der Waals surface area contributed by atoms with Crippen LogP contribution in [0.25, 0.3) is 11.0 Å². The maximum Gasteiger partial charge on any atom is 0.134 e. The molecular formula is C18H16ClNO. The number of hydrogen-bond acceptors (Lipinski definition) is 2. The Bertz CT molecular complexity index is 791. The molecule has 3 aromatic rings. The van der Waals surface area contributed by atoms with Crippen molar-refractivity contribution in [3.63, 3.8) is 0 Å². The maximum absolute atomic E-state index is 6.02. The molecule has 1 aliphatic rings. The number of halogens is 1. The molecule has 4 rings (SSSR count). The molecule has 2 nitrogen and oxygen atoms in total. The first-order valence-corrected chi connectivity index (χ1v) is 7.53. The zero-order valence-electron chi connectivity index (χ0n) is 11.8. The minimum absolute atomic E-state index is 0.385. The zero-order valence-corrected chi connectivity index (χ0v) is 12.6. The van der Waals surface area contributed by atoms with Crippen molar-refractivity contribution in [3.8, 4) is 0 Å². The van der Waals surface area contributed by atoms with E-state index in [9.17, 15) is 0 Å². The summed E-state index contributed by atoms with van der Waals surface area (Å²) >= 11 is 6.02. The molecule has 2 heterocycles. The van der Waals surface area contributed by atoms with E-state index >= 15 is 0 Å². The van der Waals surface area contributed by atoms with Gasteiger partial charge in [-0.2, -0.15) is 0 Å². The van der Waals surface area contributed by atoms with Crippen LogP contribution >= 0.6 is 11.6 Å². The van der Waals surface area contributed by atoms with E-state index in [0.717, 1.165) is 23.7 Å². The van der Waals surface area contributed by atoms with E-state index in [2.05, 4.69) is 42.3 Å². The molecule has 0 radical (unpaired) electrons. The third-order valence-electron chi connectivity index (χ3n) is 4.35. The fourth-order valence-electron chi connectivity index (χ4n) is 3.35. The summed E-state index contributed by atoms with van der Waals surface area (Å²) in [6, 6.07) is 14.6. The van der Waals surface area contributed by atoms with Crippen LogP contribution in [0.5, 0.6) is 0 Å². The summed E-state index contributed by atoms with van der Waals surface area (Å²) in [5, 5.41) is 2.02. The van der Waals surface area contributed by atoms with Crippen LogP contribution in [-0.2, 0) is 6.54 Å². The van der Waals surface area contributed by atoms with Crippen molar-refractivity contribution < 1.29 is 4.42 Å². The molecule has 1 aliphatic heterocycles. The molecule has 0 N–H and O–H groups in total. The van der Waals surface area contributed by atoms with Crippen molar-refractivity contribution >= 4 is 22.6 Å². The number of nitrogens with zero attached hydrogens (tertiary/aromatic N) is 1. The van der Waals surface area contributed by atoms with Gasteiger partial charge in [-0.1, -0.05) is 29.8 Å². The largest absolute Gasteiger partial charge is 0.464 e. The Morgan fingerprint density at radius 3 is 2.71 bits per heavy atom. The van der Waals surface area contributed by atoms with Crippen LogP contribution in [0.4, 0.5) is 0 Å². The molecule has 1 aromatic heterocycles. The number of furan rings is 1. The van der Waals surface area contributed by atoms with Crippen molar-refractivity contribution in [2.24, 2.45) is 0 Å². The minimum atomic E-state index is 0.385. The van der Waals surface area contributed by atoms with Gasteiger partial charge in [0, 0.05) is 29.4 Å². The lowest BCUT2D eigenvalue weighted by Crippen LogP contribution is -2.31. The highest BCUT2D eigenvalue weighted by Gasteiger charge is 2.26. The van der Waals surface area contributed by atoms with E-state index in [1.807, 2.05) is 12.1 Å². The van der Waals surface area contributed by atoms with Crippen LogP contribution in [0.15, 0.2) is 53.1 Å². The Morgan fingerprint density at radius 1 is 1.10 bits per heavy atom. The number of benzene rings is 2. The smallest absolute Gasteiger partial charge is 0.134 e. The molecule has 2 aromatic carbocycles. The van der Waals surface area contributed by atoms with E-state index in [4.69, 9.17) is 16.0 Å². The molecule has 0 saturated carbocycles. The van der Waals surface area contributed by atoms with Crippen LogP contribution in [0.3, 0.4) is 0 Å². The molecule has 21 heavy (non-hydrogen) atoms. The average Bonchev–Trinajstić information content (AvgIpc) is 2.96. The quantitative estimate of drug-likeness (QED) is 0.649. The second-order valence-corrected chi connectivity index (χ2v) is 6.20. The Balaban J connectivity index is 1.89. The third kappa shape index (κ3) is 2.15. The summed E-state index contributed by atoms with van der Waals surface area (Å²) in [7, 11) is 2.17. The van der Waals surface area contributed by atoms with Crippen molar-refractivity contribution in [3.05, 3.63) is 70.4 Å². The monoisotopic (exact) mass is 297 g/mol. The lowest BCUT2D eigenvalue weighted by Gasteiger charge is -2.33. The summed E-state index contributed by atoms with van der Waals surface area (Å²) in [4.78, 5) is 2.37. The van der Waals surface area contributed by atoms with Crippen LogP contribution in [-0.4, -0.2) is 18.5 Å². The van der Waals surface area contributed by atoms with Gasteiger partial charge in [-0.25, -0.2) is 0 Å². The van der Waals surface area contributed by atoms with Crippen LogP contribution in [0, 0.1) is 0 Å². The second kappa shape index (κ2) is 4.90. The molecule has 3 heteroatoms. The third-order valence-corrected chi connectivity index (χ3v) is 4.61. The summed E-state index contributed by atoms with van der Waals surface area (Å²) in [6.07, 6.45) is 1.77. The molecule has 0 spiro atoms. The van der Waals surface area contributed by atoms with Gasteiger partial charge in [-0.05, 0) is 48.0 Å². The average molecular weight is 298 g/mol. The van der Waals surface area contributed by atoms with E-state index in [1.54, 1.807) is 6.26 Å². The van der Waals surface area contributed by atoms with Gasteiger partial charge in [0.1, 0.15) is 5.58 Å². The second-order valence-electron chi connectivity index (χ2n) is 5.77. The first kappa shape index (κ1) is 12.9.